The van der Waals surface area contributed by atoms with Crippen molar-refractivity contribution >= 4 is 0 Å². The first-order chi connectivity index (χ1) is 8.22. The standard InChI is InChI=1S/C13H18N4/c1-4-14-8-11-6-5-10(2)7-12(11)13-9-15-16-17(13)3/h5-7,9,14H,4,8H2,1-3H3. The second-order valence-electron chi connectivity index (χ2n) is 4.18. The average Bonchev–Trinajstić information content (AvgIpc) is 2.74. The Balaban J connectivity index is 2.43. The van der Waals surface area contributed by atoms with Crippen molar-refractivity contribution in [3.63, 3.8) is 0 Å². The Morgan fingerprint density at radius 2 is 2.18 bits per heavy atom. The molecule has 0 bridgehead atoms. The maximum Gasteiger partial charge on any atom is 0.0885 e. The normalized spacial score (nSPS) is 10.8. The molecule has 4 heteroatoms. The van der Waals surface area contributed by atoms with Crippen LogP contribution in [0, 0.1) is 6.92 Å². The number of benzene rings is 1. The van der Waals surface area contributed by atoms with Crippen molar-refractivity contribution in [2.24, 2.45) is 7.05 Å². The minimum Gasteiger partial charge on any atom is -0.313 e. The molecule has 0 unspecified atom stereocenters. The summed E-state index contributed by atoms with van der Waals surface area (Å²) in [5, 5.41) is 11.3. The third-order valence-corrected chi connectivity index (χ3v) is 2.82. The summed E-state index contributed by atoms with van der Waals surface area (Å²) >= 11 is 0. The Morgan fingerprint density at radius 1 is 1.35 bits per heavy atom. The van der Waals surface area contributed by atoms with Gasteiger partial charge in [0.25, 0.3) is 0 Å². The number of nitrogens with zero attached hydrogens (tertiary/aromatic N) is 3. The molecule has 0 fully saturated rings. The van der Waals surface area contributed by atoms with E-state index in [1.54, 1.807) is 0 Å². The minimum absolute atomic E-state index is 0.872. The van der Waals surface area contributed by atoms with Gasteiger partial charge in [-0.05, 0) is 25.1 Å². The fourth-order valence-electron chi connectivity index (χ4n) is 1.88. The highest BCUT2D eigenvalue weighted by molar-refractivity contribution is 5.64. The molecule has 17 heavy (non-hydrogen) atoms. The van der Waals surface area contributed by atoms with E-state index >= 15 is 0 Å². The van der Waals surface area contributed by atoms with Gasteiger partial charge in [-0.25, -0.2) is 4.68 Å². The van der Waals surface area contributed by atoms with Gasteiger partial charge < -0.3 is 5.32 Å². The van der Waals surface area contributed by atoms with Crippen LogP contribution in [0.4, 0.5) is 0 Å². The topological polar surface area (TPSA) is 42.7 Å². The zero-order valence-corrected chi connectivity index (χ0v) is 10.6. The fraction of sp³-hybridized carbons (Fsp3) is 0.385. The first-order valence-corrected chi connectivity index (χ1v) is 5.87. The molecule has 0 aliphatic carbocycles. The van der Waals surface area contributed by atoms with Crippen molar-refractivity contribution in [3.05, 3.63) is 35.5 Å². The van der Waals surface area contributed by atoms with Gasteiger partial charge in [0.2, 0.25) is 0 Å². The lowest BCUT2D eigenvalue weighted by Gasteiger charge is -2.10. The summed E-state index contributed by atoms with van der Waals surface area (Å²) in [5.41, 5.74) is 4.80. The van der Waals surface area contributed by atoms with Gasteiger partial charge in [-0.1, -0.05) is 29.8 Å². The van der Waals surface area contributed by atoms with E-state index in [1.165, 1.54) is 16.7 Å². The molecule has 0 aliphatic heterocycles. The van der Waals surface area contributed by atoms with Gasteiger partial charge >= 0.3 is 0 Å². The highest BCUT2D eigenvalue weighted by Gasteiger charge is 2.09. The predicted molar refractivity (Wildman–Crippen MR) is 68.6 cm³/mol. The summed E-state index contributed by atoms with van der Waals surface area (Å²) in [5.74, 6) is 0. The molecular weight excluding hydrogens is 212 g/mol. The lowest BCUT2D eigenvalue weighted by Crippen LogP contribution is -2.13. The van der Waals surface area contributed by atoms with E-state index in [0.717, 1.165) is 18.8 Å². The van der Waals surface area contributed by atoms with Gasteiger partial charge in [-0.15, -0.1) is 5.10 Å². The second kappa shape index (κ2) is 5.10. The van der Waals surface area contributed by atoms with Crippen LogP contribution in [0.25, 0.3) is 11.3 Å². The lowest BCUT2D eigenvalue weighted by molar-refractivity contribution is 0.712. The monoisotopic (exact) mass is 230 g/mol. The van der Waals surface area contributed by atoms with Crippen molar-refractivity contribution in [2.75, 3.05) is 6.54 Å². The number of aryl methyl sites for hydroxylation is 2. The van der Waals surface area contributed by atoms with Crippen LogP contribution in [-0.2, 0) is 13.6 Å². The minimum atomic E-state index is 0.872. The van der Waals surface area contributed by atoms with Crippen LogP contribution in [0.2, 0.25) is 0 Å². The quantitative estimate of drug-likeness (QED) is 0.872. The molecule has 1 aromatic heterocycles. The van der Waals surface area contributed by atoms with Crippen molar-refractivity contribution in [3.8, 4) is 11.3 Å². The van der Waals surface area contributed by atoms with Gasteiger partial charge in [0.05, 0.1) is 11.9 Å². The lowest BCUT2D eigenvalue weighted by atomic mass is 10.0. The number of hydrogen-bond donors (Lipinski definition) is 1. The van der Waals surface area contributed by atoms with Crippen LogP contribution in [-0.4, -0.2) is 21.5 Å². The van der Waals surface area contributed by atoms with Crippen molar-refractivity contribution in [2.45, 2.75) is 20.4 Å². The smallest absolute Gasteiger partial charge is 0.0885 e. The Hall–Kier alpha value is -1.68. The van der Waals surface area contributed by atoms with E-state index in [2.05, 4.69) is 47.7 Å². The van der Waals surface area contributed by atoms with Gasteiger partial charge in [0.1, 0.15) is 0 Å². The molecular formula is C13H18N4. The van der Waals surface area contributed by atoms with Crippen LogP contribution in [0.5, 0.6) is 0 Å². The zero-order valence-electron chi connectivity index (χ0n) is 10.6. The van der Waals surface area contributed by atoms with Crippen LogP contribution in [0.3, 0.4) is 0 Å². The van der Waals surface area contributed by atoms with Gasteiger partial charge in [0, 0.05) is 19.2 Å². The third kappa shape index (κ3) is 2.53. The summed E-state index contributed by atoms with van der Waals surface area (Å²) in [6, 6.07) is 6.49. The largest absolute Gasteiger partial charge is 0.313 e. The Kier molecular flexibility index (Phi) is 3.54. The van der Waals surface area contributed by atoms with Crippen molar-refractivity contribution in [1.29, 1.82) is 0 Å². The van der Waals surface area contributed by atoms with Gasteiger partial charge in [-0.2, -0.15) is 0 Å². The Morgan fingerprint density at radius 3 is 2.82 bits per heavy atom. The Labute approximate surface area is 102 Å². The van der Waals surface area contributed by atoms with Crippen LogP contribution < -0.4 is 5.32 Å². The Bertz CT molecular complexity index is 502. The first kappa shape index (κ1) is 11.8. The van der Waals surface area contributed by atoms with E-state index in [-0.39, 0.29) is 0 Å². The molecule has 1 aromatic carbocycles. The molecule has 0 spiro atoms. The predicted octanol–water partition coefficient (Wildman–Crippen LogP) is 1.90. The SMILES string of the molecule is CCNCc1ccc(C)cc1-c1cnnn1C. The summed E-state index contributed by atoms with van der Waals surface area (Å²) in [4.78, 5) is 0. The number of hydrogen-bond acceptors (Lipinski definition) is 3. The number of nitrogens with one attached hydrogen (secondary N) is 1. The van der Waals surface area contributed by atoms with E-state index in [4.69, 9.17) is 0 Å². The van der Waals surface area contributed by atoms with E-state index in [1.807, 2.05) is 17.9 Å². The molecule has 90 valence electrons. The van der Waals surface area contributed by atoms with E-state index in [9.17, 15) is 0 Å². The van der Waals surface area contributed by atoms with Crippen molar-refractivity contribution < 1.29 is 0 Å². The van der Waals surface area contributed by atoms with E-state index < -0.39 is 0 Å². The molecule has 0 aliphatic rings. The highest BCUT2D eigenvalue weighted by atomic mass is 15.4. The summed E-state index contributed by atoms with van der Waals surface area (Å²) in [7, 11) is 1.92. The molecule has 1 N–H and O–H groups in total. The molecule has 2 aromatic rings. The molecule has 0 amide bonds. The molecule has 0 saturated heterocycles. The second-order valence-corrected chi connectivity index (χ2v) is 4.18. The number of aromatic nitrogens is 3. The van der Waals surface area contributed by atoms with E-state index in [0.29, 0.717) is 0 Å². The van der Waals surface area contributed by atoms with Gasteiger partial charge in [-0.3, -0.25) is 0 Å². The van der Waals surface area contributed by atoms with Crippen LogP contribution in [0.1, 0.15) is 18.1 Å². The summed E-state index contributed by atoms with van der Waals surface area (Å²) < 4.78 is 1.81. The fourth-order valence-corrected chi connectivity index (χ4v) is 1.88. The van der Waals surface area contributed by atoms with Crippen LogP contribution in [0.15, 0.2) is 24.4 Å². The zero-order chi connectivity index (χ0) is 12.3. The molecule has 1 heterocycles. The van der Waals surface area contributed by atoms with Crippen molar-refractivity contribution in [1.82, 2.24) is 20.3 Å². The average molecular weight is 230 g/mol. The molecule has 2 rings (SSSR count). The number of rotatable bonds is 4. The molecule has 0 atom stereocenters. The van der Waals surface area contributed by atoms with Gasteiger partial charge in [0.15, 0.2) is 0 Å². The summed E-state index contributed by atoms with van der Waals surface area (Å²) in [6.45, 7) is 6.05. The molecule has 0 saturated carbocycles. The molecule has 0 radical (unpaired) electrons. The first-order valence-electron chi connectivity index (χ1n) is 5.87. The van der Waals surface area contributed by atoms with Crippen LogP contribution >= 0.6 is 0 Å². The summed E-state index contributed by atoms with van der Waals surface area (Å²) in [6.07, 6.45) is 1.81. The maximum absolute atomic E-state index is 3.99. The third-order valence-electron chi connectivity index (χ3n) is 2.82. The maximum atomic E-state index is 3.99. The molecule has 4 nitrogen and oxygen atoms in total. The highest BCUT2D eigenvalue weighted by Crippen LogP contribution is 2.23.